The standard InChI is InChI=1S/C27H31N3O6/c1-35-22-10-9-19(16-23(22)36-2)25(32)28-17-18-11-14-29(15-12-18)24(31)8-5-13-30-26(33)20-6-3-4-7-21(20)27(30)34/h3-4,6-7,9-10,16,18H,5,8,11-15,17H2,1-2H3,(H,28,32). The summed E-state index contributed by atoms with van der Waals surface area (Å²) >= 11 is 0. The van der Waals surface area contributed by atoms with Crippen molar-refractivity contribution in [3.05, 3.63) is 59.2 Å². The van der Waals surface area contributed by atoms with E-state index in [-0.39, 0.29) is 42.5 Å². The summed E-state index contributed by atoms with van der Waals surface area (Å²) in [7, 11) is 3.07. The highest BCUT2D eigenvalue weighted by Gasteiger charge is 2.34. The number of hydrogen-bond donors (Lipinski definition) is 1. The second-order valence-corrected chi connectivity index (χ2v) is 9.02. The maximum atomic E-state index is 12.7. The molecule has 0 aliphatic carbocycles. The molecular weight excluding hydrogens is 462 g/mol. The maximum Gasteiger partial charge on any atom is 0.261 e. The molecule has 9 heteroatoms. The van der Waals surface area contributed by atoms with Gasteiger partial charge in [0.15, 0.2) is 11.5 Å². The Bertz CT molecular complexity index is 1120. The lowest BCUT2D eigenvalue weighted by Crippen LogP contribution is -2.41. The maximum absolute atomic E-state index is 12.7. The van der Waals surface area contributed by atoms with Gasteiger partial charge in [-0.25, -0.2) is 0 Å². The Morgan fingerprint density at radius 3 is 2.19 bits per heavy atom. The van der Waals surface area contributed by atoms with Gasteiger partial charge in [-0.05, 0) is 55.5 Å². The lowest BCUT2D eigenvalue weighted by Gasteiger charge is -2.32. The number of carbonyl (C=O) groups excluding carboxylic acids is 4. The quantitative estimate of drug-likeness (QED) is 0.539. The molecule has 1 N–H and O–H groups in total. The molecule has 4 amide bonds. The summed E-state index contributed by atoms with van der Waals surface area (Å²) in [5.41, 5.74) is 1.35. The first-order valence-electron chi connectivity index (χ1n) is 12.2. The van der Waals surface area contributed by atoms with E-state index in [0.717, 1.165) is 12.8 Å². The van der Waals surface area contributed by atoms with Gasteiger partial charge >= 0.3 is 0 Å². The second-order valence-electron chi connectivity index (χ2n) is 9.02. The number of carbonyl (C=O) groups is 4. The first-order chi connectivity index (χ1) is 17.4. The molecule has 4 rings (SSSR count). The van der Waals surface area contributed by atoms with Gasteiger partial charge in [0.05, 0.1) is 25.3 Å². The van der Waals surface area contributed by atoms with E-state index in [9.17, 15) is 19.2 Å². The van der Waals surface area contributed by atoms with Crippen molar-refractivity contribution in [2.75, 3.05) is 40.4 Å². The van der Waals surface area contributed by atoms with Gasteiger partial charge in [0.2, 0.25) is 5.91 Å². The Kier molecular flexibility index (Phi) is 7.87. The highest BCUT2D eigenvalue weighted by Crippen LogP contribution is 2.28. The fourth-order valence-corrected chi connectivity index (χ4v) is 4.69. The number of hydrogen-bond acceptors (Lipinski definition) is 6. The molecule has 0 unspecified atom stereocenters. The van der Waals surface area contributed by atoms with E-state index in [1.807, 2.05) is 4.90 Å². The van der Waals surface area contributed by atoms with E-state index in [0.29, 0.717) is 54.2 Å². The Morgan fingerprint density at radius 1 is 0.944 bits per heavy atom. The zero-order valence-electron chi connectivity index (χ0n) is 20.6. The van der Waals surface area contributed by atoms with E-state index < -0.39 is 0 Å². The minimum Gasteiger partial charge on any atom is -0.493 e. The van der Waals surface area contributed by atoms with Gasteiger partial charge in [-0.15, -0.1) is 0 Å². The summed E-state index contributed by atoms with van der Waals surface area (Å²) in [6.07, 6.45) is 2.33. The van der Waals surface area contributed by atoms with E-state index in [4.69, 9.17) is 9.47 Å². The van der Waals surface area contributed by atoms with E-state index >= 15 is 0 Å². The summed E-state index contributed by atoms with van der Waals surface area (Å²) < 4.78 is 10.5. The van der Waals surface area contributed by atoms with Crippen molar-refractivity contribution in [1.29, 1.82) is 0 Å². The van der Waals surface area contributed by atoms with E-state index in [2.05, 4.69) is 5.32 Å². The summed E-state index contributed by atoms with van der Waals surface area (Å²) in [6.45, 7) is 2.02. The van der Waals surface area contributed by atoms with Gasteiger partial charge < -0.3 is 19.7 Å². The van der Waals surface area contributed by atoms with Crippen LogP contribution in [0.5, 0.6) is 11.5 Å². The number of nitrogens with one attached hydrogen (secondary N) is 1. The molecule has 2 heterocycles. The van der Waals surface area contributed by atoms with Crippen LogP contribution in [-0.2, 0) is 4.79 Å². The summed E-state index contributed by atoms with van der Waals surface area (Å²) in [5, 5.41) is 2.97. The number of likely N-dealkylation sites (tertiary alicyclic amines) is 1. The van der Waals surface area contributed by atoms with Crippen LogP contribution in [0.25, 0.3) is 0 Å². The van der Waals surface area contributed by atoms with Crippen LogP contribution >= 0.6 is 0 Å². The molecule has 1 fully saturated rings. The lowest BCUT2D eigenvalue weighted by atomic mass is 9.96. The smallest absolute Gasteiger partial charge is 0.261 e. The fourth-order valence-electron chi connectivity index (χ4n) is 4.69. The van der Waals surface area contributed by atoms with Crippen molar-refractivity contribution in [2.45, 2.75) is 25.7 Å². The Balaban J connectivity index is 1.17. The summed E-state index contributed by atoms with van der Waals surface area (Å²) in [5.74, 6) is 0.617. The number of amides is 4. The van der Waals surface area contributed by atoms with Crippen molar-refractivity contribution in [3.8, 4) is 11.5 Å². The van der Waals surface area contributed by atoms with Crippen molar-refractivity contribution in [3.63, 3.8) is 0 Å². The van der Waals surface area contributed by atoms with Crippen LogP contribution in [0.2, 0.25) is 0 Å². The predicted octanol–water partition coefficient (Wildman–Crippen LogP) is 2.75. The van der Waals surface area contributed by atoms with Crippen LogP contribution in [-0.4, -0.2) is 73.8 Å². The SMILES string of the molecule is COc1ccc(C(=O)NCC2CCN(C(=O)CCCN3C(=O)c4ccccc4C3=O)CC2)cc1OC. The molecule has 0 saturated carbocycles. The van der Waals surface area contributed by atoms with Crippen LogP contribution in [0.4, 0.5) is 0 Å². The van der Waals surface area contributed by atoms with Crippen LogP contribution in [0.15, 0.2) is 42.5 Å². The number of piperidine rings is 1. The molecular formula is C27H31N3O6. The molecule has 2 aliphatic heterocycles. The third-order valence-corrected chi connectivity index (χ3v) is 6.81. The molecule has 36 heavy (non-hydrogen) atoms. The first kappa shape index (κ1) is 25.2. The van der Waals surface area contributed by atoms with Crippen molar-refractivity contribution in [2.24, 2.45) is 5.92 Å². The summed E-state index contributed by atoms with van der Waals surface area (Å²) in [6, 6.07) is 11.8. The number of benzene rings is 2. The normalized spacial score (nSPS) is 15.6. The minimum atomic E-state index is -0.293. The van der Waals surface area contributed by atoms with Crippen molar-refractivity contribution in [1.82, 2.24) is 15.1 Å². The molecule has 0 atom stereocenters. The number of methoxy groups -OCH3 is 2. The van der Waals surface area contributed by atoms with E-state index in [1.165, 1.54) is 12.0 Å². The van der Waals surface area contributed by atoms with Gasteiger partial charge in [0.25, 0.3) is 17.7 Å². The minimum absolute atomic E-state index is 0.0272. The number of rotatable bonds is 9. The largest absolute Gasteiger partial charge is 0.493 e. The highest BCUT2D eigenvalue weighted by molar-refractivity contribution is 6.21. The van der Waals surface area contributed by atoms with Crippen LogP contribution in [0, 0.1) is 5.92 Å². The average Bonchev–Trinajstić information content (AvgIpc) is 3.16. The molecule has 190 valence electrons. The second kappa shape index (κ2) is 11.2. The van der Waals surface area contributed by atoms with E-state index in [1.54, 1.807) is 49.6 Å². The Morgan fingerprint density at radius 2 is 1.58 bits per heavy atom. The lowest BCUT2D eigenvalue weighted by molar-refractivity contribution is -0.132. The molecule has 9 nitrogen and oxygen atoms in total. The first-order valence-corrected chi connectivity index (χ1v) is 12.2. The molecule has 2 aliphatic rings. The van der Waals surface area contributed by atoms with Gasteiger partial charge in [-0.1, -0.05) is 12.1 Å². The van der Waals surface area contributed by atoms with Crippen molar-refractivity contribution >= 4 is 23.6 Å². The zero-order chi connectivity index (χ0) is 25.7. The molecule has 0 spiro atoms. The van der Waals surface area contributed by atoms with Gasteiger partial charge in [0.1, 0.15) is 0 Å². The Labute approximate surface area is 210 Å². The number of nitrogens with zero attached hydrogens (tertiary/aromatic N) is 2. The van der Waals surface area contributed by atoms with Gasteiger partial charge in [0, 0.05) is 38.2 Å². The van der Waals surface area contributed by atoms with Crippen LogP contribution < -0.4 is 14.8 Å². The monoisotopic (exact) mass is 493 g/mol. The number of ether oxygens (including phenoxy) is 2. The number of fused-ring (bicyclic) bond motifs is 1. The topological polar surface area (TPSA) is 105 Å². The molecule has 1 saturated heterocycles. The molecule has 0 radical (unpaired) electrons. The van der Waals surface area contributed by atoms with Crippen LogP contribution in [0.1, 0.15) is 56.8 Å². The third kappa shape index (κ3) is 5.35. The Hall–Kier alpha value is -3.88. The molecule has 0 bridgehead atoms. The van der Waals surface area contributed by atoms with Gasteiger partial charge in [-0.2, -0.15) is 0 Å². The zero-order valence-corrected chi connectivity index (χ0v) is 20.6. The fraction of sp³-hybridized carbons (Fsp3) is 0.407. The highest BCUT2D eigenvalue weighted by atomic mass is 16.5. The summed E-state index contributed by atoms with van der Waals surface area (Å²) in [4.78, 5) is 53.2. The number of imide groups is 1. The van der Waals surface area contributed by atoms with Crippen molar-refractivity contribution < 1.29 is 28.7 Å². The predicted molar refractivity (Wildman–Crippen MR) is 132 cm³/mol. The average molecular weight is 494 g/mol. The van der Waals surface area contributed by atoms with Gasteiger partial charge in [-0.3, -0.25) is 24.1 Å². The molecule has 2 aromatic rings. The molecule has 2 aromatic carbocycles. The molecule has 0 aromatic heterocycles. The third-order valence-electron chi connectivity index (χ3n) is 6.81. The van der Waals surface area contributed by atoms with Crippen LogP contribution in [0.3, 0.4) is 0 Å².